The molecule has 0 saturated heterocycles. The average molecular weight is 158 g/mol. The standard InChI is InChI=1S/C10H10N2/c1-2-10(8-12)5-3-9(7-11)4-6-10/h2-3H,1,4-6H2. The normalized spacial score (nSPS) is 28.0. The molecule has 0 N–H and O–H groups in total. The Balaban J connectivity index is 2.82. The molecule has 1 rings (SSSR count). The largest absolute Gasteiger partial charge is 0.197 e. The van der Waals surface area contributed by atoms with E-state index in [-0.39, 0.29) is 0 Å². The molecule has 0 aromatic rings. The van der Waals surface area contributed by atoms with Crippen LogP contribution in [0.3, 0.4) is 0 Å². The molecule has 2 nitrogen and oxygen atoms in total. The van der Waals surface area contributed by atoms with Crippen molar-refractivity contribution in [2.24, 2.45) is 5.41 Å². The van der Waals surface area contributed by atoms with Crippen LogP contribution in [0.5, 0.6) is 0 Å². The van der Waals surface area contributed by atoms with Crippen LogP contribution in [0.2, 0.25) is 0 Å². The summed E-state index contributed by atoms with van der Waals surface area (Å²) in [6.07, 6.45) is 5.60. The molecule has 0 heterocycles. The Morgan fingerprint density at radius 3 is 2.67 bits per heavy atom. The van der Waals surface area contributed by atoms with Crippen molar-refractivity contribution in [3.05, 3.63) is 24.3 Å². The lowest BCUT2D eigenvalue weighted by Gasteiger charge is -2.24. The van der Waals surface area contributed by atoms with Gasteiger partial charge in [-0.05, 0) is 19.3 Å². The summed E-state index contributed by atoms with van der Waals surface area (Å²) in [4.78, 5) is 0. The second-order valence-electron chi connectivity index (χ2n) is 3.02. The van der Waals surface area contributed by atoms with Gasteiger partial charge >= 0.3 is 0 Å². The summed E-state index contributed by atoms with van der Waals surface area (Å²) < 4.78 is 0. The molecule has 1 unspecified atom stereocenters. The van der Waals surface area contributed by atoms with E-state index in [9.17, 15) is 0 Å². The topological polar surface area (TPSA) is 47.6 Å². The number of allylic oxidation sites excluding steroid dienone is 3. The first-order chi connectivity index (χ1) is 5.76. The molecular weight excluding hydrogens is 148 g/mol. The smallest absolute Gasteiger partial charge is 0.0943 e. The average Bonchev–Trinajstić information content (AvgIpc) is 2.18. The van der Waals surface area contributed by atoms with Crippen molar-refractivity contribution in [2.75, 3.05) is 0 Å². The Labute approximate surface area is 72.4 Å². The highest BCUT2D eigenvalue weighted by Gasteiger charge is 2.28. The first-order valence-electron chi connectivity index (χ1n) is 3.90. The molecule has 0 spiro atoms. The van der Waals surface area contributed by atoms with Crippen LogP contribution in [0.15, 0.2) is 24.3 Å². The molecule has 0 fully saturated rings. The predicted octanol–water partition coefficient (Wildman–Crippen LogP) is 2.32. The van der Waals surface area contributed by atoms with E-state index >= 15 is 0 Å². The third kappa shape index (κ3) is 1.38. The summed E-state index contributed by atoms with van der Waals surface area (Å²) in [5.41, 5.74) is 0.378. The molecule has 0 amide bonds. The van der Waals surface area contributed by atoms with Crippen LogP contribution >= 0.6 is 0 Å². The Hall–Kier alpha value is -1.54. The second kappa shape index (κ2) is 3.24. The van der Waals surface area contributed by atoms with Crippen molar-refractivity contribution < 1.29 is 0 Å². The zero-order valence-electron chi connectivity index (χ0n) is 6.88. The summed E-state index contributed by atoms with van der Waals surface area (Å²) in [6, 6.07) is 4.35. The van der Waals surface area contributed by atoms with Gasteiger partial charge in [0, 0.05) is 5.57 Å². The van der Waals surface area contributed by atoms with Crippen molar-refractivity contribution in [1.82, 2.24) is 0 Å². The van der Waals surface area contributed by atoms with Gasteiger partial charge in [0.25, 0.3) is 0 Å². The fourth-order valence-corrected chi connectivity index (χ4v) is 1.30. The predicted molar refractivity (Wildman–Crippen MR) is 45.8 cm³/mol. The summed E-state index contributed by atoms with van der Waals surface area (Å²) in [5, 5.41) is 17.4. The highest BCUT2D eigenvalue weighted by Crippen LogP contribution is 2.35. The van der Waals surface area contributed by atoms with Gasteiger partial charge in [-0.2, -0.15) is 10.5 Å². The molecule has 0 saturated carbocycles. The molecule has 0 bridgehead atoms. The van der Waals surface area contributed by atoms with Crippen molar-refractivity contribution >= 4 is 0 Å². The van der Waals surface area contributed by atoms with E-state index in [1.165, 1.54) is 0 Å². The van der Waals surface area contributed by atoms with Crippen molar-refractivity contribution in [1.29, 1.82) is 10.5 Å². The highest BCUT2D eigenvalue weighted by molar-refractivity contribution is 5.28. The lowest BCUT2D eigenvalue weighted by molar-refractivity contribution is 0.452. The van der Waals surface area contributed by atoms with Gasteiger partial charge in [0.1, 0.15) is 0 Å². The Morgan fingerprint density at radius 2 is 2.33 bits per heavy atom. The van der Waals surface area contributed by atoms with Gasteiger partial charge in [0.2, 0.25) is 0 Å². The summed E-state index contributed by atoms with van der Waals surface area (Å²) in [5.74, 6) is 0. The number of nitriles is 2. The lowest BCUT2D eigenvalue weighted by atomic mass is 9.76. The van der Waals surface area contributed by atoms with Crippen LogP contribution in [-0.4, -0.2) is 0 Å². The number of hydrogen-bond donors (Lipinski definition) is 0. The molecule has 0 aliphatic heterocycles. The monoisotopic (exact) mass is 158 g/mol. The van der Waals surface area contributed by atoms with Crippen molar-refractivity contribution in [3.63, 3.8) is 0 Å². The van der Waals surface area contributed by atoms with E-state index in [2.05, 4.69) is 18.7 Å². The molecule has 0 radical (unpaired) electrons. The first kappa shape index (κ1) is 8.56. The van der Waals surface area contributed by atoms with Crippen LogP contribution in [0.25, 0.3) is 0 Å². The minimum absolute atomic E-state index is 0.416. The maximum Gasteiger partial charge on any atom is 0.0943 e. The van der Waals surface area contributed by atoms with E-state index in [1.807, 2.05) is 6.08 Å². The summed E-state index contributed by atoms with van der Waals surface area (Å²) in [7, 11) is 0. The Morgan fingerprint density at radius 1 is 1.58 bits per heavy atom. The highest BCUT2D eigenvalue weighted by atomic mass is 14.4. The van der Waals surface area contributed by atoms with E-state index < -0.39 is 5.41 Å². The van der Waals surface area contributed by atoms with Crippen LogP contribution in [0.1, 0.15) is 19.3 Å². The zero-order chi connectivity index (χ0) is 9.03. The molecule has 1 aliphatic carbocycles. The third-order valence-corrected chi connectivity index (χ3v) is 2.31. The molecule has 1 atom stereocenters. The molecule has 0 aromatic heterocycles. The molecule has 1 aliphatic rings. The van der Waals surface area contributed by atoms with Gasteiger partial charge in [0.15, 0.2) is 0 Å². The first-order valence-corrected chi connectivity index (χ1v) is 3.90. The number of nitrogens with zero attached hydrogens (tertiary/aromatic N) is 2. The van der Waals surface area contributed by atoms with E-state index in [0.29, 0.717) is 12.8 Å². The van der Waals surface area contributed by atoms with Crippen molar-refractivity contribution in [2.45, 2.75) is 19.3 Å². The van der Waals surface area contributed by atoms with Gasteiger partial charge in [0.05, 0.1) is 17.6 Å². The van der Waals surface area contributed by atoms with Gasteiger partial charge in [-0.25, -0.2) is 0 Å². The maximum atomic E-state index is 8.87. The van der Waals surface area contributed by atoms with Gasteiger partial charge in [-0.3, -0.25) is 0 Å². The fourth-order valence-electron chi connectivity index (χ4n) is 1.30. The van der Waals surface area contributed by atoms with E-state index in [1.54, 1.807) is 6.08 Å². The molecule has 0 aromatic carbocycles. The second-order valence-corrected chi connectivity index (χ2v) is 3.02. The molecule has 60 valence electrons. The van der Waals surface area contributed by atoms with Crippen LogP contribution in [-0.2, 0) is 0 Å². The van der Waals surface area contributed by atoms with E-state index in [4.69, 9.17) is 10.5 Å². The summed E-state index contributed by atoms with van der Waals surface area (Å²) >= 11 is 0. The van der Waals surface area contributed by atoms with Crippen LogP contribution < -0.4 is 0 Å². The Bertz CT molecular complexity index is 301. The Kier molecular flexibility index (Phi) is 2.31. The summed E-state index contributed by atoms with van der Waals surface area (Å²) in [6.45, 7) is 3.64. The van der Waals surface area contributed by atoms with E-state index in [0.717, 1.165) is 12.0 Å². The third-order valence-electron chi connectivity index (χ3n) is 2.31. The van der Waals surface area contributed by atoms with Crippen molar-refractivity contribution in [3.8, 4) is 12.1 Å². The molecular formula is C10H10N2. The lowest BCUT2D eigenvalue weighted by Crippen LogP contribution is -2.17. The minimum Gasteiger partial charge on any atom is -0.197 e. The number of hydrogen-bond acceptors (Lipinski definition) is 2. The van der Waals surface area contributed by atoms with Crippen LogP contribution in [0, 0.1) is 28.1 Å². The SMILES string of the molecule is C=CC1(C#N)CC=C(C#N)CC1. The van der Waals surface area contributed by atoms with Gasteiger partial charge in [-0.1, -0.05) is 12.2 Å². The maximum absolute atomic E-state index is 8.87. The quantitative estimate of drug-likeness (QED) is 0.550. The van der Waals surface area contributed by atoms with Gasteiger partial charge in [-0.15, -0.1) is 6.58 Å². The van der Waals surface area contributed by atoms with Crippen LogP contribution in [0.4, 0.5) is 0 Å². The zero-order valence-corrected chi connectivity index (χ0v) is 6.88. The van der Waals surface area contributed by atoms with Gasteiger partial charge < -0.3 is 0 Å². The molecule has 12 heavy (non-hydrogen) atoms. The minimum atomic E-state index is -0.416. The fraction of sp³-hybridized carbons (Fsp3) is 0.400. The molecule has 2 heteroatoms. The number of rotatable bonds is 1.